The highest BCUT2D eigenvalue weighted by Crippen LogP contribution is 2.28. The van der Waals surface area contributed by atoms with Crippen LogP contribution in [0.25, 0.3) is 0 Å². The molecule has 0 bridgehead atoms. The molecular weight excluding hydrogens is 420 g/mol. The lowest BCUT2D eigenvalue weighted by Gasteiger charge is -2.28. The topological polar surface area (TPSA) is 127 Å². The molecule has 0 heterocycles. The Morgan fingerprint density at radius 1 is 1.06 bits per heavy atom. The smallest absolute Gasteiger partial charge is 0.269 e. The van der Waals surface area contributed by atoms with Gasteiger partial charge in [-0.3, -0.25) is 19.7 Å². The van der Waals surface area contributed by atoms with Crippen molar-refractivity contribution < 1.29 is 14.5 Å². The van der Waals surface area contributed by atoms with Gasteiger partial charge in [0, 0.05) is 29.8 Å². The van der Waals surface area contributed by atoms with Crippen LogP contribution < -0.4 is 16.4 Å². The summed E-state index contributed by atoms with van der Waals surface area (Å²) in [7, 11) is 0. The molecule has 0 radical (unpaired) electrons. The van der Waals surface area contributed by atoms with Crippen LogP contribution >= 0.6 is 11.6 Å². The maximum absolute atomic E-state index is 12.6. The number of hydrogen-bond acceptors (Lipinski definition) is 5. The van der Waals surface area contributed by atoms with Crippen LogP contribution in [0, 0.1) is 22.0 Å². The number of carbonyl (C=O) groups excluding carboxylic acids is 2. The fraction of sp³-hybridized carbons (Fsp3) is 0.364. The van der Waals surface area contributed by atoms with Gasteiger partial charge in [0.05, 0.1) is 15.6 Å². The van der Waals surface area contributed by atoms with Crippen LogP contribution in [-0.4, -0.2) is 29.8 Å². The number of halogens is 1. The van der Waals surface area contributed by atoms with Gasteiger partial charge in [0.1, 0.15) is 0 Å². The summed E-state index contributed by atoms with van der Waals surface area (Å²) >= 11 is 6.18. The van der Waals surface area contributed by atoms with Crippen molar-refractivity contribution in [3.63, 3.8) is 0 Å². The zero-order valence-corrected chi connectivity index (χ0v) is 17.7. The molecule has 2 aromatic rings. The van der Waals surface area contributed by atoms with Gasteiger partial charge in [-0.25, -0.2) is 0 Å². The normalized spacial score (nSPS) is 18.3. The Bertz CT molecular complexity index is 964. The van der Waals surface area contributed by atoms with Crippen LogP contribution in [0.5, 0.6) is 0 Å². The molecule has 164 valence electrons. The van der Waals surface area contributed by atoms with Crippen LogP contribution in [0.4, 0.5) is 11.4 Å². The van der Waals surface area contributed by atoms with Crippen LogP contribution in [0.15, 0.2) is 42.5 Å². The van der Waals surface area contributed by atoms with Gasteiger partial charge in [0.25, 0.3) is 17.5 Å². The number of nitro benzene ring substituents is 1. The molecule has 2 unspecified atom stereocenters. The number of rotatable bonds is 7. The van der Waals surface area contributed by atoms with Gasteiger partial charge < -0.3 is 16.4 Å². The van der Waals surface area contributed by atoms with E-state index >= 15 is 0 Å². The van der Waals surface area contributed by atoms with E-state index in [0.717, 1.165) is 25.7 Å². The Morgan fingerprint density at radius 3 is 2.42 bits per heavy atom. The van der Waals surface area contributed by atoms with E-state index in [2.05, 4.69) is 10.6 Å². The minimum absolute atomic E-state index is 0.107. The van der Waals surface area contributed by atoms with Crippen molar-refractivity contribution in [2.75, 3.05) is 18.4 Å². The molecule has 1 aliphatic rings. The van der Waals surface area contributed by atoms with Gasteiger partial charge in [0.2, 0.25) is 0 Å². The lowest BCUT2D eigenvalue weighted by molar-refractivity contribution is -0.384. The van der Waals surface area contributed by atoms with E-state index in [1.807, 2.05) is 0 Å². The molecule has 0 spiro atoms. The van der Waals surface area contributed by atoms with Gasteiger partial charge in [-0.05, 0) is 68.0 Å². The second kappa shape index (κ2) is 10.4. The Hall–Kier alpha value is -2.97. The van der Waals surface area contributed by atoms with E-state index in [4.69, 9.17) is 17.3 Å². The Morgan fingerprint density at radius 2 is 1.74 bits per heavy atom. The molecule has 1 saturated carbocycles. The number of nitrogens with zero attached hydrogens (tertiary/aromatic N) is 1. The van der Waals surface area contributed by atoms with Crippen LogP contribution in [0.2, 0.25) is 5.02 Å². The third kappa shape index (κ3) is 6.02. The van der Waals surface area contributed by atoms with Crippen LogP contribution in [0.1, 0.15) is 46.4 Å². The monoisotopic (exact) mass is 444 g/mol. The number of carbonyl (C=O) groups is 2. The molecule has 8 nitrogen and oxygen atoms in total. The Labute approximate surface area is 185 Å². The summed E-state index contributed by atoms with van der Waals surface area (Å²) in [5.41, 5.74) is 6.59. The first-order valence-corrected chi connectivity index (χ1v) is 10.6. The highest BCUT2D eigenvalue weighted by atomic mass is 35.5. The molecule has 2 amide bonds. The van der Waals surface area contributed by atoms with Gasteiger partial charge in [-0.2, -0.15) is 0 Å². The average molecular weight is 445 g/mol. The number of hydrogen-bond donors (Lipinski definition) is 3. The average Bonchev–Trinajstić information content (AvgIpc) is 2.79. The first-order chi connectivity index (χ1) is 14.9. The molecule has 1 aliphatic carbocycles. The number of nitrogens with one attached hydrogen (secondary N) is 2. The number of benzene rings is 2. The zero-order valence-electron chi connectivity index (χ0n) is 17.0. The molecule has 0 aromatic heterocycles. The van der Waals surface area contributed by atoms with Crippen molar-refractivity contribution in [3.8, 4) is 0 Å². The van der Waals surface area contributed by atoms with Crippen molar-refractivity contribution >= 4 is 34.8 Å². The van der Waals surface area contributed by atoms with Crippen molar-refractivity contribution in [1.29, 1.82) is 0 Å². The van der Waals surface area contributed by atoms with Crippen molar-refractivity contribution in [2.45, 2.75) is 25.7 Å². The van der Waals surface area contributed by atoms with Crippen molar-refractivity contribution in [3.05, 3.63) is 68.7 Å². The Kier molecular flexibility index (Phi) is 7.59. The number of amides is 2. The highest BCUT2D eigenvalue weighted by Gasteiger charge is 2.22. The molecule has 2 atom stereocenters. The molecule has 2 aromatic carbocycles. The predicted octanol–water partition coefficient (Wildman–Crippen LogP) is 4.00. The van der Waals surface area contributed by atoms with E-state index < -0.39 is 10.8 Å². The maximum Gasteiger partial charge on any atom is 0.269 e. The maximum atomic E-state index is 12.6. The first-order valence-electron chi connectivity index (χ1n) is 10.2. The summed E-state index contributed by atoms with van der Waals surface area (Å²) in [5.74, 6) is 0.217. The summed E-state index contributed by atoms with van der Waals surface area (Å²) in [6.07, 6.45) is 4.38. The summed E-state index contributed by atoms with van der Waals surface area (Å²) in [6, 6.07) is 9.88. The van der Waals surface area contributed by atoms with Crippen molar-refractivity contribution in [2.24, 2.45) is 17.6 Å². The Balaban J connectivity index is 1.63. The number of nitro groups is 1. The molecule has 4 N–H and O–H groups in total. The second-order valence-electron chi connectivity index (χ2n) is 7.80. The number of non-ortho nitro benzene ring substituents is 1. The minimum Gasteiger partial charge on any atom is -0.352 e. The molecule has 31 heavy (non-hydrogen) atoms. The predicted molar refractivity (Wildman–Crippen MR) is 119 cm³/mol. The standard InChI is InChI=1S/C22H25ClN4O4/c23-19-9-6-17(21(28)25-13-15-3-1-2-14(10-15)12-24)11-20(19)26-22(29)16-4-7-18(8-5-16)27(30)31/h4-9,11,14-15H,1-3,10,12-13,24H2,(H,25,28)(H,26,29). The largest absolute Gasteiger partial charge is 0.352 e. The lowest BCUT2D eigenvalue weighted by Crippen LogP contribution is -2.33. The van der Waals surface area contributed by atoms with Gasteiger partial charge in [0.15, 0.2) is 0 Å². The number of anilines is 1. The number of nitrogens with two attached hydrogens (primary N) is 1. The van der Waals surface area contributed by atoms with Crippen molar-refractivity contribution in [1.82, 2.24) is 5.32 Å². The molecule has 3 rings (SSSR count). The minimum atomic E-state index is -0.538. The molecular formula is C22H25ClN4O4. The highest BCUT2D eigenvalue weighted by molar-refractivity contribution is 6.34. The van der Waals surface area contributed by atoms with Crippen LogP contribution in [-0.2, 0) is 0 Å². The zero-order chi connectivity index (χ0) is 22.4. The SMILES string of the molecule is NCC1CCCC(CNC(=O)c2ccc(Cl)c(NC(=O)c3ccc([N+](=O)[O-])cc3)c2)C1. The van der Waals surface area contributed by atoms with E-state index in [1.54, 1.807) is 12.1 Å². The molecule has 0 saturated heterocycles. The van der Waals surface area contributed by atoms with E-state index in [-0.39, 0.29) is 22.2 Å². The molecule has 9 heteroatoms. The summed E-state index contributed by atoms with van der Waals surface area (Å²) in [6.45, 7) is 1.27. The fourth-order valence-electron chi connectivity index (χ4n) is 3.83. The van der Waals surface area contributed by atoms with Gasteiger partial charge >= 0.3 is 0 Å². The molecule has 1 fully saturated rings. The van der Waals surface area contributed by atoms with Gasteiger partial charge in [-0.1, -0.05) is 18.0 Å². The summed E-state index contributed by atoms with van der Waals surface area (Å²) in [4.78, 5) is 35.3. The second-order valence-corrected chi connectivity index (χ2v) is 8.20. The summed E-state index contributed by atoms with van der Waals surface area (Å²) < 4.78 is 0. The first kappa shape index (κ1) is 22.7. The van der Waals surface area contributed by atoms with E-state index in [1.165, 1.54) is 30.3 Å². The third-order valence-electron chi connectivity index (χ3n) is 5.59. The quantitative estimate of drug-likeness (QED) is 0.439. The third-order valence-corrected chi connectivity index (χ3v) is 5.92. The van der Waals surface area contributed by atoms with Crippen LogP contribution in [0.3, 0.4) is 0 Å². The fourth-order valence-corrected chi connectivity index (χ4v) is 4.00. The van der Waals surface area contributed by atoms with E-state index in [0.29, 0.717) is 36.2 Å². The van der Waals surface area contributed by atoms with Gasteiger partial charge in [-0.15, -0.1) is 0 Å². The molecule has 0 aliphatic heterocycles. The van der Waals surface area contributed by atoms with E-state index in [9.17, 15) is 19.7 Å². The lowest BCUT2D eigenvalue weighted by atomic mass is 9.81. The summed E-state index contributed by atoms with van der Waals surface area (Å²) in [5, 5.41) is 16.6.